The van der Waals surface area contributed by atoms with E-state index >= 15 is 0 Å². The van der Waals surface area contributed by atoms with Crippen molar-refractivity contribution in [1.82, 2.24) is 9.88 Å². The van der Waals surface area contributed by atoms with Crippen LogP contribution >= 0.6 is 35.6 Å². The Hall–Kier alpha value is -0.710. The van der Waals surface area contributed by atoms with Crippen molar-refractivity contribution >= 4 is 41.7 Å². The van der Waals surface area contributed by atoms with Crippen molar-refractivity contribution in [2.45, 2.75) is 12.5 Å². The molecule has 0 fully saturated rings. The first-order valence-electron chi connectivity index (χ1n) is 4.57. The van der Waals surface area contributed by atoms with E-state index in [1.807, 2.05) is 0 Å². The number of ether oxygens (including phenoxy) is 1. The van der Waals surface area contributed by atoms with Crippen LogP contribution in [0, 0.1) is 0 Å². The molecule has 0 bridgehead atoms. The second-order valence-corrected chi connectivity index (χ2v) is 4.02. The van der Waals surface area contributed by atoms with Crippen molar-refractivity contribution < 1.29 is 9.53 Å². The average Bonchev–Trinajstić information content (AvgIpc) is 2.25. The minimum Gasteiger partial charge on any atom is -0.444 e. The monoisotopic (exact) mass is 298 g/mol. The molecule has 96 valence electrons. The third-order valence-corrected chi connectivity index (χ3v) is 2.54. The Morgan fingerprint density at radius 2 is 2.12 bits per heavy atom. The highest BCUT2D eigenvalue weighted by atomic mass is 35.5. The lowest BCUT2D eigenvalue weighted by atomic mass is 10.2. The molecule has 1 rings (SSSR count). The predicted octanol–water partition coefficient (Wildman–Crippen LogP) is 3.09. The molecular formula is C10H13Cl3N2O2. The van der Waals surface area contributed by atoms with Crippen LogP contribution < -0.4 is 0 Å². The number of amides is 1. The van der Waals surface area contributed by atoms with Gasteiger partial charge < -0.3 is 9.64 Å². The summed E-state index contributed by atoms with van der Waals surface area (Å²) in [5, 5.41) is 0.480. The smallest absolute Gasteiger partial charge is 0.409 e. The zero-order chi connectivity index (χ0) is 12.1. The van der Waals surface area contributed by atoms with Crippen LogP contribution in [0.15, 0.2) is 12.4 Å². The summed E-state index contributed by atoms with van der Waals surface area (Å²) in [6.45, 7) is 0.118. The molecule has 0 aliphatic heterocycles. The van der Waals surface area contributed by atoms with Gasteiger partial charge in [0.2, 0.25) is 0 Å². The summed E-state index contributed by atoms with van der Waals surface area (Å²) >= 11 is 11.7. The van der Waals surface area contributed by atoms with E-state index in [2.05, 4.69) is 4.98 Å². The fourth-order valence-corrected chi connectivity index (χ4v) is 1.67. The van der Waals surface area contributed by atoms with Crippen molar-refractivity contribution in [3.63, 3.8) is 0 Å². The molecule has 1 aromatic rings. The van der Waals surface area contributed by atoms with Crippen LogP contribution in [-0.4, -0.2) is 30.1 Å². The molecule has 0 saturated heterocycles. The third-order valence-electron chi connectivity index (χ3n) is 1.94. The van der Waals surface area contributed by atoms with Gasteiger partial charge in [0.05, 0.1) is 5.02 Å². The van der Waals surface area contributed by atoms with E-state index in [1.54, 1.807) is 20.3 Å². The molecule has 0 spiro atoms. The van der Waals surface area contributed by atoms with Crippen molar-refractivity contribution in [2.24, 2.45) is 0 Å². The number of carbonyl (C=O) groups is 1. The maximum absolute atomic E-state index is 11.2. The standard InChI is InChI=1S/C10H12Cl2N2O2.ClH/c1-14(2)10(15)16-6-7-4-13-5-9(12)8(7)3-11;/h4-5H,3,6H2,1-2H3;1H. The van der Waals surface area contributed by atoms with E-state index in [4.69, 9.17) is 27.9 Å². The van der Waals surface area contributed by atoms with Crippen molar-refractivity contribution in [3.05, 3.63) is 28.5 Å². The SMILES string of the molecule is CN(C)C(=O)OCc1cncc(Cl)c1CCl.Cl. The van der Waals surface area contributed by atoms with Gasteiger partial charge in [-0.2, -0.15) is 0 Å². The quantitative estimate of drug-likeness (QED) is 0.806. The number of alkyl halides is 1. The van der Waals surface area contributed by atoms with Crippen LogP contribution in [-0.2, 0) is 17.2 Å². The Balaban J connectivity index is 0.00000256. The van der Waals surface area contributed by atoms with Gasteiger partial charge in [-0.25, -0.2) is 4.79 Å². The van der Waals surface area contributed by atoms with Crippen LogP contribution in [0.3, 0.4) is 0 Å². The van der Waals surface area contributed by atoms with E-state index in [-0.39, 0.29) is 24.9 Å². The molecule has 0 aliphatic rings. The van der Waals surface area contributed by atoms with Crippen molar-refractivity contribution in [3.8, 4) is 0 Å². The molecular weight excluding hydrogens is 286 g/mol. The second-order valence-electron chi connectivity index (χ2n) is 3.34. The lowest BCUT2D eigenvalue weighted by Crippen LogP contribution is -2.22. The predicted molar refractivity (Wildman–Crippen MR) is 69.9 cm³/mol. The fourth-order valence-electron chi connectivity index (χ4n) is 1.04. The summed E-state index contributed by atoms with van der Waals surface area (Å²) in [5.74, 6) is 0.260. The van der Waals surface area contributed by atoms with Gasteiger partial charge in [-0.1, -0.05) is 11.6 Å². The first-order chi connectivity index (χ1) is 7.56. The van der Waals surface area contributed by atoms with E-state index < -0.39 is 6.09 Å². The highest BCUT2D eigenvalue weighted by molar-refractivity contribution is 6.32. The third kappa shape index (κ3) is 4.58. The van der Waals surface area contributed by atoms with Crippen LogP contribution in [0.2, 0.25) is 5.02 Å². The van der Waals surface area contributed by atoms with E-state index in [0.717, 1.165) is 11.1 Å². The van der Waals surface area contributed by atoms with Gasteiger partial charge in [0, 0.05) is 37.9 Å². The Bertz CT molecular complexity index is 386. The molecule has 1 aromatic heterocycles. The van der Waals surface area contributed by atoms with Crippen LogP contribution in [0.4, 0.5) is 4.79 Å². The molecule has 0 unspecified atom stereocenters. The topological polar surface area (TPSA) is 42.4 Å². The van der Waals surface area contributed by atoms with Gasteiger partial charge in [0.15, 0.2) is 0 Å². The Labute approximate surface area is 116 Å². The summed E-state index contributed by atoms with van der Waals surface area (Å²) in [6, 6.07) is 0. The number of hydrogen-bond acceptors (Lipinski definition) is 3. The van der Waals surface area contributed by atoms with E-state index in [1.165, 1.54) is 11.1 Å². The molecule has 7 heteroatoms. The first kappa shape index (κ1) is 16.3. The summed E-state index contributed by atoms with van der Waals surface area (Å²) in [6.07, 6.45) is 2.68. The zero-order valence-corrected chi connectivity index (χ0v) is 11.8. The second kappa shape index (κ2) is 7.58. The molecule has 0 N–H and O–H groups in total. The molecule has 17 heavy (non-hydrogen) atoms. The number of pyridine rings is 1. The minimum absolute atomic E-state index is 0. The summed E-state index contributed by atoms with van der Waals surface area (Å²) in [4.78, 5) is 16.5. The lowest BCUT2D eigenvalue weighted by molar-refractivity contribution is 0.112. The minimum atomic E-state index is -0.416. The lowest BCUT2D eigenvalue weighted by Gasteiger charge is -2.12. The average molecular weight is 300 g/mol. The molecule has 1 amide bonds. The molecule has 1 heterocycles. The Morgan fingerprint density at radius 1 is 1.47 bits per heavy atom. The van der Waals surface area contributed by atoms with Gasteiger partial charge in [-0.15, -0.1) is 24.0 Å². The van der Waals surface area contributed by atoms with Gasteiger partial charge in [-0.3, -0.25) is 4.98 Å². The number of rotatable bonds is 3. The highest BCUT2D eigenvalue weighted by Gasteiger charge is 2.10. The van der Waals surface area contributed by atoms with Gasteiger partial charge in [-0.05, 0) is 5.56 Å². The molecule has 0 atom stereocenters. The molecule has 0 aliphatic carbocycles. The van der Waals surface area contributed by atoms with Crippen LogP contribution in [0.5, 0.6) is 0 Å². The molecule has 4 nitrogen and oxygen atoms in total. The number of nitrogens with zero attached hydrogens (tertiary/aromatic N) is 2. The fraction of sp³-hybridized carbons (Fsp3) is 0.400. The molecule has 0 radical (unpaired) electrons. The Morgan fingerprint density at radius 3 is 2.65 bits per heavy atom. The number of hydrogen-bond donors (Lipinski definition) is 0. The summed E-state index contributed by atoms with van der Waals surface area (Å²) in [7, 11) is 3.22. The van der Waals surface area contributed by atoms with Crippen molar-refractivity contribution in [2.75, 3.05) is 14.1 Å². The van der Waals surface area contributed by atoms with Gasteiger partial charge in [0.25, 0.3) is 0 Å². The Kier molecular flexibility index (Phi) is 7.27. The normalized spacial score (nSPS) is 9.41. The van der Waals surface area contributed by atoms with E-state index in [9.17, 15) is 4.79 Å². The number of aromatic nitrogens is 1. The van der Waals surface area contributed by atoms with Crippen molar-refractivity contribution in [1.29, 1.82) is 0 Å². The zero-order valence-electron chi connectivity index (χ0n) is 9.44. The van der Waals surface area contributed by atoms with Gasteiger partial charge in [0.1, 0.15) is 6.61 Å². The highest BCUT2D eigenvalue weighted by Crippen LogP contribution is 2.21. The molecule has 0 saturated carbocycles. The summed E-state index contributed by atoms with van der Waals surface area (Å²) < 4.78 is 5.02. The largest absolute Gasteiger partial charge is 0.444 e. The number of halogens is 3. The van der Waals surface area contributed by atoms with Crippen LogP contribution in [0.25, 0.3) is 0 Å². The summed E-state index contributed by atoms with van der Waals surface area (Å²) in [5.41, 5.74) is 1.46. The van der Waals surface area contributed by atoms with E-state index in [0.29, 0.717) is 5.02 Å². The van der Waals surface area contributed by atoms with Crippen LogP contribution in [0.1, 0.15) is 11.1 Å². The maximum atomic E-state index is 11.2. The maximum Gasteiger partial charge on any atom is 0.409 e. The molecule has 0 aromatic carbocycles. The number of carbonyl (C=O) groups excluding carboxylic acids is 1. The first-order valence-corrected chi connectivity index (χ1v) is 5.48. The van der Waals surface area contributed by atoms with Gasteiger partial charge >= 0.3 is 6.09 Å².